The van der Waals surface area contributed by atoms with E-state index in [0.717, 1.165) is 17.7 Å². The van der Waals surface area contributed by atoms with E-state index < -0.39 is 0 Å². The van der Waals surface area contributed by atoms with Gasteiger partial charge in [0, 0.05) is 6.54 Å². The van der Waals surface area contributed by atoms with Gasteiger partial charge >= 0.3 is 0 Å². The maximum Gasteiger partial charge on any atom is 0.229 e. The van der Waals surface area contributed by atoms with E-state index in [1.165, 1.54) is 0 Å². The number of benzene rings is 1. The lowest BCUT2D eigenvalue weighted by atomic mass is 10.1. The highest BCUT2D eigenvalue weighted by Crippen LogP contribution is 2.09. The van der Waals surface area contributed by atoms with Crippen LogP contribution in [0.5, 0.6) is 0 Å². The van der Waals surface area contributed by atoms with Crippen LogP contribution in [-0.4, -0.2) is 22.6 Å². The normalized spacial score (nSPS) is 10.5. The van der Waals surface area contributed by atoms with Crippen LogP contribution in [0.3, 0.4) is 0 Å². The third-order valence-electron chi connectivity index (χ3n) is 3.07. The summed E-state index contributed by atoms with van der Waals surface area (Å²) in [6.07, 6.45) is 0.330. The van der Waals surface area contributed by atoms with Crippen molar-refractivity contribution >= 4 is 17.5 Å². The second-order valence-corrected chi connectivity index (χ2v) is 5.79. The number of amides is 1. The van der Waals surface area contributed by atoms with Gasteiger partial charge in [0.05, 0.1) is 6.42 Å². The summed E-state index contributed by atoms with van der Waals surface area (Å²) >= 11 is 0. The minimum absolute atomic E-state index is 0.0946. The second kappa shape index (κ2) is 7.54. The van der Waals surface area contributed by atoms with Gasteiger partial charge in [-0.3, -0.25) is 4.79 Å². The van der Waals surface area contributed by atoms with Crippen LogP contribution in [0.1, 0.15) is 25.0 Å². The molecule has 0 saturated heterocycles. The fourth-order valence-corrected chi connectivity index (χ4v) is 2.00. The van der Waals surface area contributed by atoms with Crippen LogP contribution in [0.15, 0.2) is 36.4 Å². The minimum atomic E-state index is -0.0946. The van der Waals surface area contributed by atoms with Crippen LogP contribution < -0.4 is 10.6 Å². The fourth-order valence-electron chi connectivity index (χ4n) is 2.00. The van der Waals surface area contributed by atoms with Crippen molar-refractivity contribution in [3.63, 3.8) is 0 Å². The van der Waals surface area contributed by atoms with E-state index in [-0.39, 0.29) is 5.91 Å². The van der Waals surface area contributed by atoms with Gasteiger partial charge in [-0.15, -0.1) is 10.2 Å². The number of hydrogen-bond acceptors (Lipinski definition) is 4. The van der Waals surface area contributed by atoms with E-state index in [4.69, 9.17) is 0 Å². The lowest BCUT2D eigenvalue weighted by molar-refractivity contribution is -0.115. The molecule has 0 unspecified atom stereocenters. The molecular weight excluding hydrogens is 276 g/mol. The molecule has 0 atom stereocenters. The molecule has 0 aliphatic carbocycles. The van der Waals surface area contributed by atoms with Crippen LogP contribution in [0.2, 0.25) is 0 Å². The molecule has 0 saturated carbocycles. The van der Waals surface area contributed by atoms with E-state index in [1.807, 2.05) is 37.3 Å². The first kappa shape index (κ1) is 15.9. The Balaban J connectivity index is 1.89. The molecule has 5 nitrogen and oxygen atoms in total. The number of aromatic nitrogens is 2. The molecule has 0 spiro atoms. The lowest BCUT2D eigenvalue weighted by Gasteiger charge is -2.08. The van der Waals surface area contributed by atoms with Crippen molar-refractivity contribution in [3.05, 3.63) is 47.5 Å². The quantitative estimate of drug-likeness (QED) is 0.860. The number of rotatable bonds is 6. The Kier molecular flexibility index (Phi) is 5.47. The zero-order valence-electron chi connectivity index (χ0n) is 13.3. The third kappa shape index (κ3) is 5.16. The van der Waals surface area contributed by atoms with Crippen molar-refractivity contribution in [3.8, 4) is 0 Å². The molecule has 2 N–H and O–H groups in total. The lowest BCUT2D eigenvalue weighted by Crippen LogP contribution is -2.16. The summed E-state index contributed by atoms with van der Waals surface area (Å²) in [7, 11) is 0. The average Bonchev–Trinajstić information content (AvgIpc) is 2.46. The Morgan fingerprint density at radius 1 is 1.14 bits per heavy atom. The molecule has 5 heteroatoms. The van der Waals surface area contributed by atoms with Gasteiger partial charge in [0.1, 0.15) is 5.82 Å². The van der Waals surface area contributed by atoms with Gasteiger partial charge in [0.25, 0.3) is 0 Å². The largest absolute Gasteiger partial charge is 0.368 e. The summed E-state index contributed by atoms with van der Waals surface area (Å²) in [4.78, 5) is 12.0. The van der Waals surface area contributed by atoms with E-state index in [0.29, 0.717) is 24.0 Å². The van der Waals surface area contributed by atoms with Crippen molar-refractivity contribution in [1.82, 2.24) is 10.2 Å². The first-order valence-corrected chi connectivity index (χ1v) is 7.46. The number of hydrogen-bond donors (Lipinski definition) is 2. The summed E-state index contributed by atoms with van der Waals surface area (Å²) in [6.45, 7) is 7.10. The Labute approximate surface area is 131 Å². The van der Waals surface area contributed by atoms with Crippen molar-refractivity contribution in [2.75, 3.05) is 17.2 Å². The van der Waals surface area contributed by atoms with Crippen molar-refractivity contribution in [2.24, 2.45) is 5.92 Å². The van der Waals surface area contributed by atoms with Crippen LogP contribution in [0, 0.1) is 12.8 Å². The average molecular weight is 298 g/mol. The topological polar surface area (TPSA) is 66.9 Å². The maximum atomic E-state index is 12.0. The van der Waals surface area contributed by atoms with Gasteiger partial charge in [0.2, 0.25) is 5.91 Å². The molecule has 1 aromatic heterocycles. The smallest absolute Gasteiger partial charge is 0.229 e. The molecule has 1 amide bonds. The molecule has 0 aliphatic rings. The van der Waals surface area contributed by atoms with Crippen LogP contribution >= 0.6 is 0 Å². The fraction of sp³-hybridized carbons (Fsp3) is 0.353. The second-order valence-electron chi connectivity index (χ2n) is 5.79. The summed E-state index contributed by atoms with van der Waals surface area (Å²) in [5.41, 5.74) is 2.13. The predicted molar refractivity (Wildman–Crippen MR) is 88.9 cm³/mol. The number of anilines is 2. The summed E-state index contributed by atoms with van der Waals surface area (Å²) < 4.78 is 0. The third-order valence-corrected chi connectivity index (χ3v) is 3.07. The van der Waals surface area contributed by atoms with Gasteiger partial charge in [-0.25, -0.2) is 0 Å². The number of carbonyl (C=O) groups excluding carboxylic acids is 1. The van der Waals surface area contributed by atoms with E-state index >= 15 is 0 Å². The van der Waals surface area contributed by atoms with Gasteiger partial charge in [-0.2, -0.15) is 0 Å². The van der Waals surface area contributed by atoms with Gasteiger partial charge in [-0.1, -0.05) is 43.7 Å². The molecule has 22 heavy (non-hydrogen) atoms. The maximum absolute atomic E-state index is 12.0. The summed E-state index contributed by atoms with van der Waals surface area (Å²) in [6, 6.07) is 11.5. The molecule has 0 bridgehead atoms. The summed E-state index contributed by atoms with van der Waals surface area (Å²) in [5, 5.41) is 14.0. The highest BCUT2D eigenvalue weighted by Gasteiger charge is 2.06. The minimum Gasteiger partial charge on any atom is -0.368 e. The Bertz CT molecular complexity index is 623. The van der Waals surface area contributed by atoms with E-state index in [1.54, 1.807) is 6.07 Å². The first-order valence-electron chi connectivity index (χ1n) is 7.46. The zero-order valence-corrected chi connectivity index (χ0v) is 13.3. The number of carbonyl (C=O) groups is 1. The van der Waals surface area contributed by atoms with Crippen molar-refractivity contribution < 1.29 is 4.79 Å². The SMILES string of the molecule is Cc1cccc(CC(=O)Nc2ccc(NCC(C)C)nn2)c1. The van der Waals surface area contributed by atoms with Crippen molar-refractivity contribution in [1.29, 1.82) is 0 Å². The highest BCUT2D eigenvalue weighted by atomic mass is 16.1. The predicted octanol–water partition coefficient (Wildman–Crippen LogP) is 3.03. The van der Waals surface area contributed by atoms with Gasteiger partial charge in [-0.05, 0) is 30.5 Å². The molecular formula is C17H22N4O. The number of nitrogens with zero attached hydrogens (tertiary/aromatic N) is 2. The molecule has 0 aliphatic heterocycles. The van der Waals surface area contributed by atoms with Crippen LogP contribution in [0.25, 0.3) is 0 Å². The molecule has 1 aromatic carbocycles. The van der Waals surface area contributed by atoms with E-state index in [2.05, 4.69) is 34.7 Å². The van der Waals surface area contributed by atoms with Gasteiger partial charge in [0.15, 0.2) is 5.82 Å². The Morgan fingerprint density at radius 3 is 2.50 bits per heavy atom. The number of aryl methyl sites for hydroxylation is 1. The molecule has 0 fully saturated rings. The Hall–Kier alpha value is -2.43. The monoisotopic (exact) mass is 298 g/mol. The molecule has 2 rings (SSSR count). The molecule has 1 heterocycles. The van der Waals surface area contributed by atoms with Crippen LogP contribution in [-0.2, 0) is 11.2 Å². The van der Waals surface area contributed by atoms with Gasteiger partial charge < -0.3 is 10.6 Å². The first-order chi connectivity index (χ1) is 10.5. The summed E-state index contributed by atoms with van der Waals surface area (Å²) in [5.74, 6) is 1.62. The van der Waals surface area contributed by atoms with Crippen molar-refractivity contribution in [2.45, 2.75) is 27.2 Å². The molecule has 116 valence electrons. The molecule has 0 radical (unpaired) electrons. The van der Waals surface area contributed by atoms with E-state index in [9.17, 15) is 4.79 Å². The van der Waals surface area contributed by atoms with Crippen LogP contribution in [0.4, 0.5) is 11.6 Å². The standard InChI is InChI=1S/C17H22N4O/c1-12(2)11-18-15-7-8-16(21-20-15)19-17(22)10-14-6-4-5-13(3)9-14/h4-9,12H,10-11H2,1-3H3,(H,18,20)(H,19,21,22). The highest BCUT2D eigenvalue weighted by molar-refractivity contribution is 5.91. The molecule has 2 aromatic rings. The Morgan fingerprint density at radius 2 is 1.86 bits per heavy atom. The number of nitrogens with one attached hydrogen (secondary N) is 2. The zero-order chi connectivity index (χ0) is 15.9.